The fraction of sp³-hybridized carbons (Fsp3) is 0.318. The molecule has 0 saturated heterocycles. The van der Waals surface area contributed by atoms with Gasteiger partial charge in [0, 0.05) is 6.42 Å². The summed E-state index contributed by atoms with van der Waals surface area (Å²) in [7, 11) is 0. The van der Waals surface area contributed by atoms with Crippen LogP contribution in [0.2, 0.25) is 0 Å². The minimum absolute atomic E-state index is 0.0445. The molecule has 0 heterocycles. The van der Waals surface area contributed by atoms with Crippen LogP contribution in [0.3, 0.4) is 0 Å². The lowest BCUT2D eigenvalue weighted by atomic mass is 10.1. The Morgan fingerprint density at radius 1 is 0.897 bits per heavy atom. The van der Waals surface area contributed by atoms with Gasteiger partial charge in [0.25, 0.3) is 0 Å². The van der Waals surface area contributed by atoms with Crippen molar-refractivity contribution >= 4 is 17.8 Å². The summed E-state index contributed by atoms with van der Waals surface area (Å²) in [5.74, 6) is -1.59. The van der Waals surface area contributed by atoms with Crippen molar-refractivity contribution in [3.63, 3.8) is 0 Å². The Bertz CT molecular complexity index is 793. The molecule has 2 aromatic carbocycles. The first-order valence-electron chi connectivity index (χ1n) is 9.41. The third-order valence-electron chi connectivity index (χ3n) is 4.12. The monoisotopic (exact) mass is 398 g/mol. The van der Waals surface area contributed by atoms with Gasteiger partial charge in [0.15, 0.2) is 0 Å². The molecule has 3 N–H and O–H groups in total. The number of carbonyl (C=O) groups excluding carboxylic acids is 3. The van der Waals surface area contributed by atoms with Crippen molar-refractivity contribution in [3.8, 4) is 0 Å². The molecular weight excluding hydrogens is 372 g/mol. The first kappa shape index (κ1) is 22.1. The van der Waals surface area contributed by atoms with Gasteiger partial charge in [0.05, 0.1) is 6.04 Å². The van der Waals surface area contributed by atoms with Crippen LogP contribution in [0.15, 0.2) is 60.7 Å². The fourth-order valence-electron chi connectivity index (χ4n) is 2.45. The Morgan fingerprint density at radius 2 is 1.41 bits per heavy atom. The number of esters is 2. The van der Waals surface area contributed by atoms with E-state index in [0.717, 1.165) is 11.1 Å². The first-order valence-corrected chi connectivity index (χ1v) is 9.41. The number of ether oxygens (including phenoxy) is 2. The molecule has 0 unspecified atom stereocenters. The van der Waals surface area contributed by atoms with Gasteiger partial charge in [-0.25, -0.2) is 4.79 Å². The minimum Gasteiger partial charge on any atom is -0.461 e. The van der Waals surface area contributed by atoms with E-state index in [1.807, 2.05) is 60.7 Å². The van der Waals surface area contributed by atoms with Crippen LogP contribution < -0.4 is 11.1 Å². The fourth-order valence-corrected chi connectivity index (χ4v) is 2.45. The SMILES string of the molecule is C[C@H](N)C(=O)N[C@@H](CCC(=O)OCc1ccccc1)C(=O)OCc1ccccc1. The maximum absolute atomic E-state index is 12.4. The van der Waals surface area contributed by atoms with Gasteiger partial charge in [-0.05, 0) is 24.5 Å². The molecule has 0 aliphatic carbocycles. The Morgan fingerprint density at radius 3 is 1.93 bits per heavy atom. The standard InChI is InChI=1S/C22H26N2O5/c1-16(23)21(26)24-19(22(27)29-15-18-10-6-3-7-11-18)12-13-20(25)28-14-17-8-4-2-5-9-17/h2-11,16,19H,12-15,23H2,1H3,(H,24,26)/t16-,19-/m0/s1. The topological polar surface area (TPSA) is 108 Å². The third kappa shape index (κ3) is 8.15. The number of nitrogens with one attached hydrogen (secondary N) is 1. The van der Waals surface area contributed by atoms with E-state index in [2.05, 4.69) is 5.32 Å². The Balaban J connectivity index is 1.87. The predicted octanol–water partition coefficient (Wildman–Crippen LogP) is 2.09. The average molecular weight is 398 g/mol. The zero-order valence-electron chi connectivity index (χ0n) is 16.4. The van der Waals surface area contributed by atoms with Crippen molar-refractivity contribution in [2.24, 2.45) is 5.73 Å². The van der Waals surface area contributed by atoms with E-state index in [-0.39, 0.29) is 26.1 Å². The van der Waals surface area contributed by atoms with Gasteiger partial charge in [-0.1, -0.05) is 60.7 Å². The normalized spacial score (nSPS) is 12.5. The summed E-state index contributed by atoms with van der Waals surface area (Å²) in [5, 5.41) is 2.54. The molecule has 2 rings (SSSR count). The van der Waals surface area contributed by atoms with Gasteiger partial charge in [-0.3, -0.25) is 9.59 Å². The molecule has 0 spiro atoms. The van der Waals surface area contributed by atoms with Gasteiger partial charge in [-0.2, -0.15) is 0 Å². The van der Waals surface area contributed by atoms with Crippen LogP contribution in [0.1, 0.15) is 30.9 Å². The van der Waals surface area contributed by atoms with E-state index in [0.29, 0.717) is 0 Å². The van der Waals surface area contributed by atoms with Gasteiger partial charge in [0.2, 0.25) is 5.91 Å². The van der Waals surface area contributed by atoms with E-state index in [1.54, 1.807) is 0 Å². The predicted molar refractivity (Wildman–Crippen MR) is 107 cm³/mol. The highest BCUT2D eigenvalue weighted by molar-refractivity contribution is 5.87. The van der Waals surface area contributed by atoms with Crippen LogP contribution >= 0.6 is 0 Å². The van der Waals surface area contributed by atoms with Crippen molar-refractivity contribution in [1.29, 1.82) is 0 Å². The molecule has 0 aliphatic heterocycles. The highest BCUT2D eigenvalue weighted by Crippen LogP contribution is 2.08. The van der Waals surface area contributed by atoms with E-state index in [4.69, 9.17) is 15.2 Å². The third-order valence-corrected chi connectivity index (χ3v) is 4.12. The molecule has 0 aliphatic rings. The van der Waals surface area contributed by atoms with E-state index in [1.165, 1.54) is 6.92 Å². The van der Waals surface area contributed by atoms with Crippen LogP contribution in [0.25, 0.3) is 0 Å². The molecule has 0 bridgehead atoms. The van der Waals surface area contributed by atoms with Gasteiger partial charge in [0.1, 0.15) is 19.3 Å². The summed E-state index contributed by atoms with van der Waals surface area (Å²) in [5.41, 5.74) is 7.25. The van der Waals surface area contributed by atoms with Crippen molar-refractivity contribution < 1.29 is 23.9 Å². The number of hydrogen-bond acceptors (Lipinski definition) is 6. The first-order chi connectivity index (χ1) is 14.0. The van der Waals surface area contributed by atoms with Crippen LogP contribution in [0, 0.1) is 0 Å². The van der Waals surface area contributed by atoms with Gasteiger partial charge < -0.3 is 20.5 Å². The van der Waals surface area contributed by atoms with E-state index in [9.17, 15) is 14.4 Å². The van der Waals surface area contributed by atoms with Crippen LogP contribution in [0.4, 0.5) is 0 Å². The Labute approximate surface area is 170 Å². The van der Waals surface area contributed by atoms with Gasteiger partial charge >= 0.3 is 11.9 Å². The zero-order chi connectivity index (χ0) is 21.1. The molecule has 0 radical (unpaired) electrons. The molecule has 7 heteroatoms. The number of rotatable bonds is 10. The second-order valence-electron chi connectivity index (χ2n) is 6.63. The molecule has 29 heavy (non-hydrogen) atoms. The number of amides is 1. The van der Waals surface area contributed by atoms with E-state index < -0.39 is 29.9 Å². The molecule has 1 amide bonds. The average Bonchev–Trinajstić information content (AvgIpc) is 2.74. The minimum atomic E-state index is -0.985. The quantitative estimate of drug-likeness (QED) is 0.594. The molecule has 2 aromatic rings. The number of benzene rings is 2. The molecule has 2 atom stereocenters. The molecule has 0 saturated carbocycles. The highest BCUT2D eigenvalue weighted by Gasteiger charge is 2.25. The molecule has 154 valence electrons. The summed E-state index contributed by atoms with van der Waals surface area (Å²) in [6.07, 6.45) is 0.0108. The molecular formula is C22H26N2O5. The summed E-state index contributed by atoms with van der Waals surface area (Å²) >= 11 is 0. The summed E-state index contributed by atoms with van der Waals surface area (Å²) in [6.45, 7) is 1.73. The lowest BCUT2D eigenvalue weighted by Crippen LogP contribution is -2.48. The number of nitrogens with two attached hydrogens (primary N) is 1. The van der Waals surface area contributed by atoms with Crippen molar-refractivity contribution in [2.45, 2.75) is 45.1 Å². The summed E-state index contributed by atoms with van der Waals surface area (Å²) in [6, 6.07) is 16.7. The van der Waals surface area contributed by atoms with Crippen LogP contribution in [0.5, 0.6) is 0 Å². The second-order valence-corrected chi connectivity index (χ2v) is 6.63. The Hall–Kier alpha value is -3.19. The maximum atomic E-state index is 12.4. The number of carbonyl (C=O) groups is 3. The van der Waals surface area contributed by atoms with Crippen molar-refractivity contribution in [1.82, 2.24) is 5.32 Å². The molecule has 0 fully saturated rings. The number of hydrogen-bond donors (Lipinski definition) is 2. The lowest BCUT2D eigenvalue weighted by Gasteiger charge is -2.18. The van der Waals surface area contributed by atoms with Crippen LogP contribution in [-0.4, -0.2) is 29.9 Å². The maximum Gasteiger partial charge on any atom is 0.328 e. The molecule has 7 nitrogen and oxygen atoms in total. The summed E-state index contributed by atoms with van der Waals surface area (Å²) in [4.78, 5) is 36.4. The van der Waals surface area contributed by atoms with Crippen LogP contribution in [-0.2, 0) is 37.1 Å². The van der Waals surface area contributed by atoms with E-state index >= 15 is 0 Å². The molecule has 0 aromatic heterocycles. The largest absolute Gasteiger partial charge is 0.461 e. The second kappa shape index (κ2) is 11.6. The smallest absolute Gasteiger partial charge is 0.328 e. The Kier molecular flexibility index (Phi) is 8.85. The lowest BCUT2D eigenvalue weighted by molar-refractivity contribution is -0.150. The van der Waals surface area contributed by atoms with Crippen molar-refractivity contribution in [3.05, 3.63) is 71.8 Å². The van der Waals surface area contributed by atoms with Gasteiger partial charge in [-0.15, -0.1) is 0 Å². The highest BCUT2D eigenvalue weighted by atomic mass is 16.5. The van der Waals surface area contributed by atoms with Crippen molar-refractivity contribution in [2.75, 3.05) is 0 Å². The zero-order valence-corrected chi connectivity index (χ0v) is 16.4. The summed E-state index contributed by atoms with van der Waals surface area (Å²) < 4.78 is 10.5.